The maximum atomic E-state index is 5.77. The van der Waals surface area contributed by atoms with Crippen LogP contribution in [-0.2, 0) is 7.05 Å². The van der Waals surface area contributed by atoms with Crippen molar-refractivity contribution in [2.45, 2.75) is 18.9 Å². The summed E-state index contributed by atoms with van der Waals surface area (Å²) in [6, 6.07) is 0.458. The Hall–Kier alpha value is -1.08. The van der Waals surface area contributed by atoms with Crippen LogP contribution < -0.4 is 10.1 Å². The van der Waals surface area contributed by atoms with Crippen molar-refractivity contribution in [1.29, 1.82) is 0 Å². The molecule has 0 radical (unpaired) electrons. The molecule has 0 spiro atoms. The van der Waals surface area contributed by atoms with Gasteiger partial charge in [0.25, 0.3) is 0 Å². The van der Waals surface area contributed by atoms with Gasteiger partial charge in [0, 0.05) is 36.8 Å². The van der Waals surface area contributed by atoms with Crippen molar-refractivity contribution < 1.29 is 4.74 Å². The zero-order valence-electron chi connectivity index (χ0n) is 12.1. The number of ether oxygens (including phenoxy) is 1. The van der Waals surface area contributed by atoms with E-state index < -0.39 is 0 Å². The zero-order chi connectivity index (χ0) is 13.1. The number of piperidine rings is 1. The fraction of sp³-hybridized carbons (Fsp3) is 0.462. The van der Waals surface area contributed by atoms with E-state index in [9.17, 15) is 0 Å². The lowest BCUT2D eigenvalue weighted by atomic mass is 10.1. The van der Waals surface area contributed by atoms with Crippen LogP contribution in [0.3, 0.4) is 0 Å². The van der Waals surface area contributed by atoms with Gasteiger partial charge in [0.15, 0.2) is 0 Å². The average molecular weight is 369 g/mol. The molecule has 1 saturated heterocycles. The van der Waals surface area contributed by atoms with Gasteiger partial charge in [-0.1, -0.05) is 0 Å². The third kappa shape index (κ3) is 5.28. The van der Waals surface area contributed by atoms with Gasteiger partial charge in [-0.3, -0.25) is 4.68 Å². The summed E-state index contributed by atoms with van der Waals surface area (Å²) in [5, 5.41) is 7.44. The van der Waals surface area contributed by atoms with Crippen LogP contribution in [0.2, 0.25) is 0 Å². The van der Waals surface area contributed by atoms with E-state index in [0.29, 0.717) is 6.01 Å². The Bertz CT molecular complexity index is 543. The Morgan fingerprint density at radius 1 is 1.05 bits per heavy atom. The minimum atomic E-state index is 0. The second-order valence-corrected chi connectivity index (χ2v) is 4.72. The largest absolute Gasteiger partial charge is 0.460 e. The highest BCUT2D eigenvalue weighted by atomic mass is 35.5. The fourth-order valence-corrected chi connectivity index (χ4v) is 2.16. The van der Waals surface area contributed by atoms with E-state index in [1.807, 2.05) is 13.2 Å². The minimum absolute atomic E-state index is 0. The summed E-state index contributed by atoms with van der Waals surface area (Å²) in [4.78, 5) is 8.54. The van der Waals surface area contributed by atoms with Crippen LogP contribution in [0.15, 0.2) is 24.8 Å². The topological polar surface area (TPSA) is 64.9 Å². The third-order valence-electron chi connectivity index (χ3n) is 3.22. The van der Waals surface area contributed by atoms with Crippen molar-refractivity contribution in [3.8, 4) is 17.1 Å². The van der Waals surface area contributed by atoms with Gasteiger partial charge in [0.2, 0.25) is 0 Å². The van der Waals surface area contributed by atoms with E-state index in [1.165, 1.54) is 0 Å². The van der Waals surface area contributed by atoms with Gasteiger partial charge in [0.1, 0.15) is 6.10 Å². The standard InChI is InChI=1S/C13H17N5O.3ClH/c1-18-9-11(8-17-18)10-6-15-13(16-7-10)19-12-2-4-14-5-3-12;;;/h6-9,12,14H,2-5H2,1H3;3*1H. The molecule has 0 amide bonds. The predicted molar refractivity (Wildman–Crippen MR) is 92.5 cm³/mol. The molecule has 2 aromatic rings. The highest BCUT2D eigenvalue weighted by molar-refractivity contribution is 5.86. The number of rotatable bonds is 3. The van der Waals surface area contributed by atoms with Crippen molar-refractivity contribution in [2.24, 2.45) is 7.05 Å². The molecule has 9 heteroatoms. The van der Waals surface area contributed by atoms with Crippen LogP contribution in [-0.4, -0.2) is 38.9 Å². The summed E-state index contributed by atoms with van der Waals surface area (Å²) < 4.78 is 7.53. The molecule has 3 heterocycles. The second kappa shape index (κ2) is 9.84. The first-order chi connectivity index (χ1) is 9.31. The molecule has 2 aromatic heterocycles. The first kappa shape index (κ1) is 20.9. The number of aromatic nitrogens is 4. The van der Waals surface area contributed by atoms with Gasteiger partial charge >= 0.3 is 6.01 Å². The van der Waals surface area contributed by atoms with E-state index in [2.05, 4.69) is 20.4 Å². The Kier molecular flexibility index (Phi) is 9.36. The average Bonchev–Trinajstić information content (AvgIpc) is 2.87. The molecule has 22 heavy (non-hydrogen) atoms. The molecule has 0 saturated carbocycles. The molecule has 124 valence electrons. The van der Waals surface area contributed by atoms with Gasteiger partial charge < -0.3 is 10.1 Å². The number of hydrogen-bond donors (Lipinski definition) is 1. The third-order valence-corrected chi connectivity index (χ3v) is 3.22. The van der Waals surface area contributed by atoms with E-state index in [0.717, 1.165) is 37.1 Å². The summed E-state index contributed by atoms with van der Waals surface area (Å²) in [6.07, 6.45) is 9.53. The highest BCUT2D eigenvalue weighted by Gasteiger charge is 2.15. The SMILES string of the molecule is Cl.Cl.Cl.Cn1cc(-c2cnc(OC3CCNCC3)nc2)cn1. The molecular weight excluding hydrogens is 349 g/mol. The van der Waals surface area contributed by atoms with E-state index >= 15 is 0 Å². The second-order valence-electron chi connectivity index (χ2n) is 4.72. The summed E-state index contributed by atoms with van der Waals surface area (Å²) in [6.45, 7) is 2.00. The Balaban J connectivity index is 0.00000147. The highest BCUT2D eigenvalue weighted by Crippen LogP contribution is 2.18. The lowest BCUT2D eigenvalue weighted by Crippen LogP contribution is -2.34. The number of aryl methyl sites for hydroxylation is 1. The molecule has 1 N–H and O–H groups in total. The van der Waals surface area contributed by atoms with Crippen LogP contribution in [0.5, 0.6) is 6.01 Å². The van der Waals surface area contributed by atoms with Crippen molar-refractivity contribution >= 4 is 37.2 Å². The monoisotopic (exact) mass is 367 g/mol. The predicted octanol–water partition coefficient (Wildman–Crippen LogP) is 2.27. The molecule has 0 unspecified atom stereocenters. The smallest absolute Gasteiger partial charge is 0.316 e. The van der Waals surface area contributed by atoms with Crippen molar-refractivity contribution in [2.75, 3.05) is 13.1 Å². The van der Waals surface area contributed by atoms with Crippen molar-refractivity contribution in [1.82, 2.24) is 25.1 Å². The number of halogens is 3. The molecule has 0 aliphatic carbocycles. The Morgan fingerprint density at radius 2 is 1.68 bits per heavy atom. The van der Waals surface area contributed by atoms with Crippen LogP contribution in [0.1, 0.15) is 12.8 Å². The van der Waals surface area contributed by atoms with Crippen LogP contribution in [0.25, 0.3) is 11.1 Å². The van der Waals surface area contributed by atoms with Crippen molar-refractivity contribution in [3.05, 3.63) is 24.8 Å². The van der Waals surface area contributed by atoms with Crippen LogP contribution >= 0.6 is 37.2 Å². The van der Waals surface area contributed by atoms with Gasteiger partial charge in [-0.05, 0) is 25.9 Å². The van der Waals surface area contributed by atoms with Gasteiger partial charge in [-0.15, -0.1) is 37.2 Å². The van der Waals surface area contributed by atoms with Crippen LogP contribution in [0.4, 0.5) is 0 Å². The number of hydrogen-bond acceptors (Lipinski definition) is 5. The molecular formula is C13H20Cl3N5O. The molecule has 0 bridgehead atoms. The molecule has 1 aliphatic rings. The Morgan fingerprint density at radius 3 is 2.23 bits per heavy atom. The maximum absolute atomic E-state index is 5.77. The van der Waals surface area contributed by atoms with Gasteiger partial charge in [-0.2, -0.15) is 5.10 Å². The van der Waals surface area contributed by atoms with Crippen LogP contribution in [0, 0.1) is 0 Å². The van der Waals surface area contributed by atoms with E-state index in [4.69, 9.17) is 4.74 Å². The summed E-state index contributed by atoms with van der Waals surface area (Å²) >= 11 is 0. The summed E-state index contributed by atoms with van der Waals surface area (Å²) in [5.41, 5.74) is 1.96. The minimum Gasteiger partial charge on any atom is -0.460 e. The number of nitrogens with one attached hydrogen (secondary N) is 1. The van der Waals surface area contributed by atoms with Crippen molar-refractivity contribution in [3.63, 3.8) is 0 Å². The first-order valence-corrected chi connectivity index (χ1v) is 6.50. The number of nitrogens with zero attached hydrogens (tertiary/aromatic N) is 4. The molecule has 3 rings (SSSR count). The quantitative estimate of drug-likeness (QED) is 0.900. The molecule has 1 aliphatic heterocycles. The van der Waals surface area contributed by atoms with Gasteiger partial charge in [0.05, 0.1) is 6.20 Å². The lowest BCUT2D eigenvalue weighted by Gasteiger charge is -2.22. The first-order valence-electron chi connectivity index (χ1n) is 6.50. The van der Waals surface area contributed by atoms with E-state index in [1.54, 1.807) is 23.3 Å². The fourth-order valence-electron chi connectivity index (χ4n) is 2.16. The summed E-state index contributed by atoms with van der Waals surface area (Å²) in [7, 11) is 1.89. The Labute approximate surface area is 148 Å². The van der Waals surface area contributed by atoms with E-state index in [-0.39, 0.29) is 43.3 Å². The molecule has 6 nitrogen and oxygen atoms in total. The zero-order valence-corrected chi connectivity index (χ0v) is 14.6. The maximum Gasteiger partial charge on any atom is 0.316 e. The molecule has 0 atom stereocenters. The van der Waals surface area contributed by atoms with Gasteiger partial charge in [-0.25, -0.2) is 9.97 Å². The normalized spacial score (nSPS) is 14.2. The molecule has 1 fully saturated rings. The molecule has 0 aromatic carbocycles. The summed E-state index contributed by atoms with van der Waals surface area (Å²) in [5.74, 6) is 0. The lowest BCUT2D eigenvalue weighted by molar-refractivity contribution is 0.149.